The van der Waals surface area contributed by atoms with E-state index in [-0.39, 0.29) is 0 Å². The number of rotatable bonds is 0. The molecular formula is C8H15N3. The third-order valence-electron chi connectivity index (χ3n) is 1.88. The maximum Gasteiger partial charge on any atom is 0.0739 e. The fraction of sp³-hybridized carbons (Fsp3) is 0.625. The number of nitrogens with two attached hydrogens (primary N) is 1. The first-order valence-corrected chi connectivity index (χ1v) is 3.89. The highest BCUT2D eigenvalue weighted by molar-refractivity contribution is 5.98. The Morgan fingerprint density at radius 1 is 1.73 bits per heavy atom. The Morgan fingerprint density at radius 3 is 2.82 bits per heavy atom. The Hall–Kier alpha value is -0.990. The van der Waals surface area contributed by atoms with Crippen LogP contribution in [-0.2, 0) is 0 Å². The molecule has 0 unspecified atom stereocenters. The molecule has 0 bridgehead atoms. The molecule has 3 nitrogen and oxygen atoms in total. The Morgan fingerprint density at radius 2 is 2.36 bits per heavy atom. The molecule has 4 N–H and O–H groups in total. The molecule has 62 valence electrons. The fourth-order valence-electron chi connectivity index (χ4n) is 1.28. The average molecular weight is 153 g/mol. The zero-order chi connectivity index (χ0) is 8.43. The molecule has 0 radical (unpaired) electrons. The number of nitrogens with one attached hydrogen (secondary N) is 2. The van der Waals surface area contributed by atoms with Crippen LogP contribution in [0.4, 0.5) is 0 Å². The zero-order valence-corrected chi connectivity index (χ0v) is 7.07. The van der Waals surface area contributed by atoms with Crippen LogP contribution in [-0.4, -0.2) is 12.3 Å². The van der Waals surface area contributed by atoms with Gasteiger partial charge in [0.05, 0.1) is 11.4 Å². The molecule has 0 saturated carbocycles. The molecule has 0 aromatic rings. The number of hydrogen-bond acceptors (Lipinski definition) is 3. The normalized spacial score (nSPS) is 29.6. The summed E-state index contributed by atoms with van der Waals surface area (Å²) in [5.41, 5.74) is 7.78. The van der Waals surface area contributed by atoms with Gasteiger partial charge in [-0.2, -0.15) is 0 Å². The van der Waals surface area contributed by atoms with E-state index in [1.54, 1.807) is 0 Å². The van der Waals surface area contributed by atoms with Crippen molar-refractivity contribution in [3.63, 3.8) is 0 Å². The lowest BCUT2D eigenvalue weighted by atomic mass is 9.97. The van der Waals surface area contributed by atoms with E-state index in [1.165, 1.54) is 0 Å². The predicted molar refractivity (Wildman–Crippen MR) is 46.4 cm³/mol. The summed E-state index contributed by atoms with van der Waals surface area (Å²) in [7, 11) is 0. The largest absolute Gasteiger partial charge is 0.401 e. The number of piperidine rings is 1. The van der Waals surface area contributed by atoms with Gasteiger partial charge in [0, 0.05) is 12.2 Å². The molecular weight excluding hydrogens is 138 g/mol. The summed E-state index contributed by atoms with van der Waals surface area (Å²) in [6.07, 6.45) is 0.844. The van der Waals surface area contributed by atoms with Gasteiger partial charge < -0.3 is 16.5 Å². The van der Waals surface area contributed by atoms with Crippen molar-refractivity contribution in [1.82, 2.24) is 5.32 Å². The molecule has 3 heteroatoms. The minimum Gasteiger partial charge on any atom is -0.401 e. The highest BCUT2D eigenvalue weighted by Crippen LogP contribution is 2.13. The van der Waals surface area contributed by atoms with Crippen molar-refractivity contribution in [3.8, 4) is 0 Å². The Bertz CT molecular complexity index is 201. The fourth-order valence-corrected chi connectivity index (χ4v) is 1.28. The highest BCUT2D eigenvalue weighted by Gasteiger charge is 2.17. The SMILES string of the molecule is C/C(N)=C1\NC[C@H](C)CC1=N. The average Bonchev–Trinajstić information content (AvgIpc) is 1.85. The first-order chi connectivity index (χ1) is 5.11. The van der Waals surface area contributed by atoms with Crippen LogP contribution in [0.3, 0.4) is 0 Å². The van der Waals surface area contributed by atoms with Crippen molar-refractivity contribution in [3.05, 3.63) is 11.4 Å². The minimum atomic E-state index is 0.561. The van der Waals surface area contributed by atoms with Gasteiger partial charge in [0.15, 0.2) is 0 Å². The van der Waals surface area contributed by atoms with Gasteiger partial charge in [-0.25, -0.2) is 0 Å². The molecule has 0 aliphatic carbocycles. The first-order valence-electron chi connectivity index (χ1n) is 3.89. The van der Waals surface area contributed by atoms with Crippen LogP contribution < -0.4 is 11.1 Å². The second-order valence-corrected chi connectivity index (χ2v) is 3.23. The lowest BCUT2D eigenvalue weighted by Gasteiger charge is -2.24. The van der Waals surface area contributed by atoms with Gasteiger partial charge in [0.1, 0.15) is 0 Å². The molecule has 0 aromatic heterocycles. The molecule has 0 aromatic carbocycles. The number of allylic oxidation sites excluding steroid dienone is 2. The van der Waals surface area contributed by atoms with Gasteiger partial charge in [0.25, 0.3) is 0 Å². The van der Waals surface area contributed by atoms with Crippen LogP contribution in [0, 0.1) is 11.3 Å². The molecule has 1 saturated heterocycles. The molecule has 0 amide bonds. The summed E-state index contributed by atoms with van der Waals surface area (Å²) in [6.45, 7) is 4.89. The molecule has 1 aliphatic heterocycles. The van der Waals surface area contributed by atoms with Crippen molar-refractivity contribution in [2.75, 3.05) is 6.54 Å². The quantitative estimate of drug-likeness (QED) is 0.482. The standard InChI is InChI=1S/C8H15N3/c1-5-3-7(10)8(6(2)9)11-4-5/h5,10-11H,3-4,9H2,1-2H3/b8-6+,10-7?/t5-/m1/s1. The van der Waals surface area contributed by atoms with Gasteiger partial charge in [-0.3, -0.25) is 0 Å². The van der Waals surface area contributed by atoms with E-state index in [0.717, 1.165) is 24.4 Å². The van der Waals surface area contributed by atoms with E-state index in [4.69, 9.17) is 11.1 Å². The van der Waals surface area contributed by atoms with Crippen molar-refractivity contribution in [2.45, 2.75) is 20.3 Å². The van der Waals surface area contributed by atoms with Crippen molar-refractivity contribution in [2.24, 2.45) is 11.7 Å². The molecule has 1 fully saturated rings. The van der Waals surface area contributed by atoms with Crippen molar-refractivity contribution < 1.29 is 0 Å². The Labute approximate surface area is 67.2 Å². The lowest BCUT2D eigenvalue weighted by molar-refractivity contribution is 0.541. The topological polar surface area (TPSA) is 61.9 Å². The van der Waals surface area contributed by atoms with E-state index < -0.39 is 0 Å². The second kappa shape index (κ2) is 2.95. The summed E-state index contributed by atoms with van der Waals surface area (Å²) < 4.78 is 0. The molecule has 1 aliphatic rings. The Kier molecular flexibility index (Phi) is 2.17. The van der Waals surface area contributed by atoms with Gasteiger partial charge in [-0.05, 0) is 19.3 Å². The van der Waals surface area contributed by atoms with E-state index >= 15 is 0 Å². The van der Waals surface area contributed by atoms with Crippen LogP contribution >= 0.6 is 0 Å². The molecule has 1 heterocycles. The van der Waals surface area contributed by atoms with Gasteiger partial charge in [-0.15, -0.1) is 0 Å². The van der Waals surface area contributed by atoms with Crippen LogP contribution in [0.25, 0.3) is 0 Å². The van der Waals surface area contributed by atoms with Crippen LogP contribution in [0.2, 0.25) is 0 Å². The van der Waals surface area contributed by atoms with Crippen LogP contribution in [0.1, 0.15) is 20.3 Å². The highest BCUT2D eigenvalue weighted by atomic mass is 14.9. The summed E-state index contributed by atoms with van der Waals surface area (Å²) in [5.74, 6) is 0.561. The van der Waals surface area contributed by atoms with Gasteiger partial charge in [0.2, 0.25) is 0 Å². The zero-order valence-electron chi connectivity index (χ0n) is 7.07. The Balaban J connectivity index is 2.74. The second-order valence-electron chi connectivity index (χ2n) is 3.23. The molecule has 0 spiro atoms. The van der Waals surface area contributed by atoms with E-state index in [9.17, 15) is 0 Å². The van der Waals surface area contributed by atoms with E-state index in [0.29, 0.717) is 11.6 Å². The first kappa shape index (κ1) is 8.11. The summed E-state index contributed by atoms with van der Waals surface area (Å²) in [5, 5.41) is 10.8. The van der Waals surface area contributed by atoms with Crippen LogP contribution in [0.15, 0.2) is 11.4 Å². The van der Waals surface area contributed by atoms with Crippen molar-refractivity contribution in [1.29, 1.82) is 5.41 Å². The maximum absolute atomic E-state index is 7.61. The minimum absolute atomic E-state index is 0.561. The number of hydrogen-bond donors (Lipinski definition) is 3. The van der Waals surface area contributed by atoms with E-state index in [1.807, 2.05) is 6.92 Å². The van der Waals surface area contributed by atoms with Crippen molar-refractivity contribution >= 4 is 5.71 Å². The summed E-state index contributed by atoms with van der Waals surface area (Å²) in [6, 6.07) is 0. The molecule has 1 rings (SSSR count). The monoisotopic (exact) mass is 153 g/mol. The third-order valence-corrected chi connectivity index (χ3v) is 1.88. The summed E-state index contributed by atoms with van der Waals surface area (Å²) in [4.78, 5) is 0. The third kappa shape index (κ3) is 1.73. The molecule has 11 heavy (non-hydrogen) atoms. The smallest absolute Gasteiger partial charge is 0.0739 e. The van der Waals surface area contributed by atoms with Gasteiger partial charge in [-0.1, -0.05) is 6.92 Å². The van der Waals surface area contributed by atoms with E-state index in [2.05, 4.69) is 12.2 Å². The molecule has 1 atom stereocenters. The predicted octanol–water partition coefficient (Wildman–Crippen LogP) is 0.826. The van der Waals surface area contributed by atoms with Crippen LogP contribution in [0.5, 0.6) is 0 Å². The maximum atomic E-state index is 7.61. The lowest BCUT2D eigenvalue weighted by Crippen LogP contribution is -2.34. The van der Waals surface area contributed by atoms with Gasteiger partial charge >= 0.3 is 0 Å². The summed E-state index contributed by atoms with van der Waals surface area (Å²) >= 11 is 0.